The van der Waals surface area contributed by atoms with Gasteiger partial charge in [-0.3, -0.25) is 4.90 Å². The third-order valence-corrected chi connectivity index (χ3v) is 4.32. The number of amides is 1. The molecule has 0 saturated heterocycles. The summed E-state index contributed by atoms with van der Waals surface area (Å²) in [5.41, 5.74) is 2.15. The van der Waals surface area contributed by atoms with Crippen molar-refractivity contribution < 1.29 is 9.53 Å². The smallest absolute Gasteiger partial charge is 0.415 e. The molecule has 26 heavy (non-hydrogen) atoms. The highest BCUT2D eigenvalue weighted by molar-refractivity contribution is 9.10. The summed E-state index contributed by atoms with van der Waals surface area (Å²) in [5.74, 6) is 0.520. The Hall–Kier alpha value is -1.72. The molecule has 2 aromatic carbocycles. The van der Waals surface area contributed by atoms with E-state index in [2.05, 4.69) is 21.2 Å². The normalized spacial score (nSPS) is 11.1. The summed E-state index contributed by atoms with van der Waals surface area (Å²) in [4.78, 5) is 14.4. The molecule has 0 aliphatic carbocycles. The van der Waals surface area contributed by atoms with Gasteiger partial charge in [0.2, 0.25) is 0 Å². The Morgan fingerprint density at radius 1 is 1.19 bits per heavy atom. The maximum absolute atomic E-state index is 12.8. The number of halogens is 2. The van der Waals surface area contributed by atoms with Crippen molar-refractivity contribution in [1.82, 2.24) is 0 Å². The van der Waals surface area contributed by atoms with Crippen LogP contribution in [-0.2, 0) is 11.3 Å². The largest absolute Gasteiger partial charge is 0.443 e. The minimum atomic E-state index is -0.564. The Bertz CT molecular complexity index is 732. The molecule has 0 aliphatic heterocycles. The highest BCUT2D eigenvalue weighted by atomic mass is 79.9. The summed E-state index contributed by atoms with van der Waals surface area (Å²) in [6.45, 7) is 6.68. The number of carbonyl (C=O) groups excluding carboxylic acids is 1. The molecule has 0 radical (unpaired) electrons. The van der Waals surface area contributed by atoms with Crippen LogP contribution in [0.2, 0.25) is 0 Å². The Balaban J connectivity index is 2.30. The molecular weight excluding hydrogens is 416 g/mol. The van der Waals surface area contributed by atoms with Crippen LogP contribution in [0.5, 0.6) is 0 Å². The van der Waals surface area contributed by atoms with Crippen LogP contribution >= 0.6 is 27.5 Å². The van der Waals surface area contributed by atoms with Gasteiger partial charge in [-0.05, 0) is 60.5 Å². The second kappa shape index (κ2) is 9.28. The number of carbonyl (C=O) groups is 1. The van der Waals surface area contributed by atoms with Gasteiger partial charge in [0.25, 0.3) is 0 Å². The fraction of sp³-hybridized carbons (Fsp3) is 0.350. The van der Waals surface area contributed by atoms with Crippen molar-refractivity contribution in [3.05, 3.63) is 58.6 Å². The number of nitrogens with one attached hydrogen (secondary N) is 1. The molecular formula is C20H24BrClN2O2. The molecule has 0 spiro atoms. The number of hydrogen-bond donors (Lipinski definition) is 1. The molecule has 0 unspecified atom stereocenters. The van der Waals surface area contributed by atoms with Gasteiger partial charge in [0.05, 0.1) is 6.54 Å². The van der Waals surface area contributed by atoms with Gasteiger partial charge in [0.1, 0.15) is 5.60 Å². The molecule has 2 aromatic rings. The molecule has 0 atom stereocenters. The van der Waals surface area contributed by atoms with E-state index in [0.29, 0.717) is 19.0 Å². The summed E-state index contributed by atoms with van der Waals surface area (Å²) in [6, 6.07) is 15.6. The highest BCUT2D eigenvalue weighted by Crippen LogP contribution is 2.30. The molecule has 2 rings (SSSR count). The van der Waals surface area contributed by atoms with Crippen LogP contribution in [0.25, 0.3) is 0 Å². The standard InChI is InChI=1S/C20H24BrClN2O2/c1-20(2,3)26-19(25)24(14-15-7-5-4-6-8-15)16-9-10-18(17(21)13-16)23-12-11-22/h4-10,13,23H,11-12,14H2,1-3H3. The topological polar surface area (TPSA) is 41.6 Å². The third-order valence-electron chi connectivity index (χ3n) is 3.47. The quantitative estimate of drug-likeness (QED) is 0.558. The fourth-order valence-electron chi connectivity index (χ4n) is 2.34. The van der Waals surface area contributed by atoms with Crippen LogP contribution in [-0.4, -0.2) is 24.1 Å². The molecule has 1 amide bonds. The van der Waals surface area contributed by atoms with Crippen LogP contribution in [0.15, 0.2) is 53.0 Å². The first-order valence-corrected chi connectivity index (χ1v) is 9.77. The van der Waals surface area contributed by atoms with Crippen molar-refractivity contribution in [2.45, 2.75) is 32.9 Å². The molecule has 1 N–H and O–H groups in total. The summed E-state index contributed by atoms with van der Waals surface area (Å²) in [6.07, 6.45) is -0.380. The zero-order chi connectivity index (χ0) is 19.2. The third kappa shape index (κ3) is 6.22. The SMILES string of the molecule is CC(C)(C)OC(=O)N(Cc1ccccc1)c1ccc(NCCCl)c(Br)c1. The number of benzene rings is 2. The van der Waals surface area contributed by atoms with Crippen LogP contribution in [0.3, 0.4) is 0 Å². The number of alkyl halides is 1. The lowest BCUT2D eigenvalue weighted by Gasteiger charge is -2.28. The minimum Gasteiger partial charge on any atom is -0.443 e. The predicted molar refractivity (Wildman–Crippen MR) is 112 cm³/mol. The molecule has 0 aliphatic rings. The monoisotopic (exact) mass is 438 g/mol. The highest BCUT2D eigenvalue weighted by Gasteiger charge is 2.24. The lowest BCUT2D eigenvalue weighted by molar-refractivity contribution is 0.0577. The van der Waals surface area contributed by atoms with Crippen LogP contribution in [0, 0.1) is 0 Å². The van der Waals surface area contributed by atoms with E-state index in [-0.39, 0.29) is 6.09 Å². The van der Waals surface area contributed by atoms with Gasteiger partial charge < -0.3 is 10.1 Å². The first-order chi connectivity index (χ1) is 12.3. The van der Waals surface area contributed by atoms with Crippen molar-refractivity contribution in [1.29, 1.82) is 0 Å². The number of rotatable bonds is 6. The van der Waals surface area contributed by atoms with Crippen molar-refractivity contribution in [2.24, 2.45) is 0 Å². The minimum absolute atomic E-state index is 0.380. The van der Waals surface area contributed by atoms with E-state index in [0.717, 1.165) is 21.4 Å². The molecule has 6 heteroatoms. The molecule has 140 valence electrons. The van der Waals surface area contributed by atoms with E-state index in [4.69, 9.17) is 16.3 Å². The number of ether oxygens (including phenoxy) is 1. The van der Waals surface area contributed by atoms with E-state index < -0.39 is 5.60 Å². The average molecular weight is 440 g/mol. The Morgan fingerprint density at radius 3 is 2.46 bits per heavy atom. The van der Waals surface area contributed by atoms with E-state index in [1.807, 2.05) is 69.3 Å². The summed E-state index contributed by atoms with van der Waals surface area (Å²) in [5, 5.41) is 3.23. The Morgan fingerprint density at radius 2 is 1.88 bits per heavy atom. The Kier molecular flexibility index (Phi) is 7.35. The zero-order valence-electron chi connectivity index (χ0n) is 15.3. The van der Waals surface area contributed by atoms with Gasteiger partial charge in [-0.25, -0.2) is 4.79 Å². The van der Waals surface area contributed by atoms with E-state index in [9.17, 15) is 4.79 Å². The lowest BCUT2D eigenvalue weighted by Crippen LogP contribution is -2.36. The molecule has 0 saturated carbocycles. The number of nitrogens with zero attached hydrogens (tertiary/aromatic N) is 1. The first-order valence-electron chi connectivity index (χ1n) is 8.44. The van der Waals surface area contributed by atoms with Gasteiger partial charge in [-0.2, -0.15) is 0 Å². The van der Waals surface area contributed by atoms with Crippen LogP contribution < -0.4 is 10.2 Å². The van der Waals surface area contributed by atoms with Crippen molar-refractivity contribution in [2.75, 3.05) is 22.6 Å². The number of hydrogen-bond acceptors (Lipinski definition) is 3. The summed E-state index contributed by atoms with van der Waals surface area (Å²) >= 11 is 9.29. The predicted octanol–water partition coefficient (Wildman–Crippen LogP) is 6.04. The molecule has 0 heterocycles. The zero-order valence-corrected chi connectivity index (χ0v) is 17.6. The van der Waals surface area contributed by atoms with Crippen LogP contribution in [0.1, 0.15) is 26.3 Å². The summed E-state index contributed by atoms with van der Waals surface area (Å²) < 4.78 is 6.46. The van der Waals surface area contributed by atoms with Crippen molar-refractivity contribution in [3.63, 3.8) is 0 Å². The van der Waals surface area contributed by atoms with E-state index in [1.165, 1.54) is 0 Å². The second-order valence-corrected chi connectivity index (χ2v) is 8.06. The average Bonchev–Trinajstić information content (AvgIpc) is 2.58. The van der Waals surface area contributed by atoms with Gasteiger partial charge in [-0.15, -0.1) is 11.6 Å². The molecule has 0 aromatic heterocycles. The summed E-state index contributed by atoms with van der Waals surface area (Å²) in [7, 11) is 0. The lowest BCUT2D eigenvalue weighted by atomic mass is 10.2. The second-order valence-electron chi connectivity index (χ2n) is 6.83. The van der Waals surface area contributed by atoms with E-state index in [1.54, 1.807) is 4.90 Å². The number of anilines is 2. The maximum atomic E-state index is 12.8. The van der Waals surface area contributed by atoms with Crippen molar-refractivity contribution in [3.8, 4) is 0 Å². The van der Waals surface area contributed by atoms with Crippen LogP contribution in [0.4, 0.5) is 16.2 Å². The van der Waals surface area contributed by atoms with Crippen molar-refractivity contribution >= 4 is 45.0 Å². The maximum Gasteiger partial charge on any atom is 0.415 e. The van der Waals surface area contributed by atoms with Gasteiger partial charge in [-0.1, -0.05) is 30.3 Å². The molecule has 4 nitrogen and oxygen atoms in total. The van der Waals surface area contributed by atoms with Gasteiger partial charge >= 0.3 is 6.09 Å². The molecule has 0 bridgehead atoms. The fourth-order valence-corrected chi connectivity index (χ4v) is 2.94. The van der Waals surface area contributed by atoms with Gasteiger partial charge in [0, 0.05) is 28.3 Å². The molecule has 0 fully saturated rings. The first kappa shape index (κ1) is 20.6. The van der Waals surface area contributed by atoms with Gasteiger partial charge in [0.15, 0.2) is 0 Å². The van der Waals surface area contributed by atoms with E-state index >= 15 is 0 Å². The Labute approximate surface area is 168 Å².